The van der Waals surface area contributed by atoms with Crippen LogP contribution >= 0.6 is 22.7 Å². The number of thiazole rings is 1. The van der Waals surface area contributed by atoms with Gasteiger partial charge in [-0.3, -0.25) is 4.79 Å². The molecular formula is C16H11NOS2. The summed E-state index contributed by atoms with van der Waals surface area (Å²) < 4.78 is 0. The first-order chi connectivity index (χ1) is 9.83. The molecule has 0 spiro atoms. The number of carbonyl (C=O) groups is 1. The lowest BCUT2D eigenvalue weighted by Crippen LogP contribution is -1.92. The Kier molecular flexibility index (Phi) is 3.85. The SMILES string of the molecule is O=C(C=Cc1csc(-c2cccs2)n1)c1ccccc1. The number of aromatic nitrogens is 1. The highest BCUT2D eigenvalue weighted by molar-refractivity contribution is 7.20. The van der Waals surface area contributed by atoms with Crippen molar-refractivity contribution in [1.82, 2.24) is 4.98 Å². The van der Waals surface area contributed by atoms with Crippen LogP contribution in [0.2, 0.25) is 0 Å². The number of thiophene rings is 1. The van der Waals surface area contributed by atoms with E-state index in [0.717, 1.165) is 15.6 Å². The molecule has 2 aromatic heterocycles. The number of nitrogens with zero attached hydrogens (tertiary/aromatic N) is 1. The molecule has 0 unspecified atom stereocenters. The predicted molar refractivity (Wildman–Crippen MR) is 85.2 cm³/mol. The minimum atomic E-state index is -0.00345. The molecule has 0 atom stereocenters. The molecule has 0 radical (unpaired) electrons. The van der Waals surface area contributed by atoms with E-state index < -0.39 is 0 Å². The van der Waals surface area contributed by atoms with E-state index in [4.69, 9.17) is 0 Å². The van der Waals surface area contributed by atoms with E-state index in [-0.39, 0.29) is 5.78 Å². The smallest absolute Gasteiger partial charge is 0.185 e. The summed E-state index contributed by atoms with van der Waals surface area (Å²) >= 11 is 3.26. The quantitative estimate of drug-likeness (QED) is 0.513. The molecule has 1 aromatic carbocycles. The molecule has 3 aromatic rings. The Morgan fingerprint density at radius 1 is 1.05 bits per heavy atom. The van der Waals surface area contributed by atoms with Gasteiger partial charge in [0.25, 0.3) is 0 Å². The highest BCUT2D eigenvalue weighted by Crippen LogP contribution is 2.28. The predicted octanol–water partition coefficient (Wildman–Crippen LogP) is 4.77. The van der Waals surface area contributed by atoms with Crippen molar-refractivity contribution < 1.29 is 4.79 Å². The zero-order valence-corrected chi connectivity index (χ0v) is 12.2. The molecule has 0 saturated carbocycles. The lowest BCUT2D eigenvalue weighted by molar-refractivity contribution is 0.104. The summed E-state index contributed by atoms with van der Waals surface area (Å²) in [6, 6.07) is 13.3. The number of benzene rings is 1. The van der Waals surface area contributed by atoms with Gasteiger partial charge < -0.3 is 0 Å². The number of carbonyl (C=O) groups excluding carboxylic acids is 1. The Balaban J connectivity index is 1.75. The lowest BCUT2D eigenvalue weighted by atomic mass is 10.1. The van der Waals surface area contributed by atoms with Crippen molar-refractivity contribution in [2.24, 2.45) is 0 Å². The van der Waals surface area contributed by atoms with Crippen molar-refractivity contribution in [3.05, 3.63) is 70.6 Å². The van der Waals surface area contributed by atoms with Crippen LogP contribution in [0.3, 0.4) is 0 Å². The van der Waals surface area contributed by atoms with E-state index in [1.165, 1.54) is 0 Å². The van der Waals surface area contributed by atoms with Gasteiger partial charge in [0.15, 0.2) is 5.78 Å². The standard InChI is InChI=1S/C16H11NOS2/c18-14(12-5-2-1-3-6-12)9-8-13-11-20-16(17-13)15-7-4-10-19-15/h1-11H. The van der Waals surface area contributed by atoms with Crippen molar-refractivity contribution in [1.29, 1.82) is 0 Å². The van der Waals surface area contributed by atoms with Crippen LogP contribution in [0, 0.1) is 0 Å². The number of allylic oxidation sites excluding steroid dienone is 1. The van der Waals surface area contributed by atoms with E-state index in [1.807, 2.05) is 53.2 Å². The molecule has 98 valence electrons. The molecule has 3 rings (SSSR count). The summed E-state index contributed by atoms with van der Waals surface area (Å²) in [5.41, 5.74) is 1.51. The first-order valence-electron chi connectivity index (χ1n) is 6.10. The molecule has 0 bridgehead atoms. The summed E-state index contributed by atoms with van der Waals surface area (Å²) in [7, 11) is 0. The summed E-state index contributed by atoms with van der Waals surface area (Å²) in [5.74, 6) is -0.00345. The van der Waals surface area contributed by atoms with Crippen LogP contribution in [0.4, 0.5) is 0 Å². The van der Waals surface area contributed by atoms with Gasteiger partial charge in [-0.05, 0) is 23.6 Å². The fourth-order valence-electron chi connectivity index (χ4n) is 1.74. The van der Waals surface area contributed by atoms with Crippen molar-refractivity contribution in [3.63, 3.8) is 0 Å². The molecule has 0 aliphatic carbocycles. The van der Waals surface area contributed by atoms with Crippen LogP contribution in [-0.4, -0.2) is 10.8 Å². The molecule has 2 nitrogen and oxygen atoms in total. The molecule has 0 fully saturated rings. The van der Waals surface area contributed by atoms with Gasteiger partial charge >= 0.3 is 0 Å². The third-order valence-electron chi connectivity index (χ3n) is 2.72. The molecule has 4 heteroatoms. The molecule has 0 aliphatic heterocycles. The van der Waals surface area contributed by atoms with E-state index in [0.29, 0.717) is 5.56 Å². The average molecular weight is 297 g/mol. The van der Waals surface area contributed by atoms with Gasteiger partial charge in [0, 0.05) is 10.9 Å². The maximum Gasteiger partial charge on any atom is 0.185 e. The fourth-order valence-corrected chi connectivity index (χ4v) is 3.34. The third-order valence-corrected chi connectivity index (χ3v) is 4.62. The second-order valence-corrected chi connectivity index (χ2v) is 5.92. The Bertz CT molecular complexity index is 727. The lowest BCUT2D eigenvalue weighted by Gasteiger charge is -1.93. The van der Waals surface area contributed by atoms with E-state index in [1.54, 1.807) is 34.8 Å². The maximum atomic E-state index is 11.9. The minimum absolute atomic E-state index is 0.00345. The highest BCUT2D eigenvalue weighted by atomic mass is 32.1. The Morgan fingerprint density at radius 3 is 2.65 bits per heavy atom. The van der Waals surface area contributed by atoms with Gasteiger partial charge in [0.2, 0.25) is 0 Å². The topological polar surface area (TPSA) is 30.0 Å². The third kappa shape index (κ3) is 2.92. The zero-order chi connectivity index (χ0) is 13.8. The zero-order valence-electron chi connectivity index (χ0n) is 10.5. The first-order valence-corrected chi connectivity index (χ1v) is 7.86. The second-order valence-electron chi connectivity index (χ2n) is 4.12. The summed E-state index contributed by atoms with van der Waals surface area (Å²) in [4.78, 5) is 17.6. The molecular weight excluding hydrogens is 286 g/mol. The maximum absolute atomic E-state index is 11.9. The van der Waals surface area contributed by atoms with E-state index >= 15 is 0 Å². The number of hydrogen-bond acceptors (Lipinski definition) is 4. The van der Waals surface area contributed by atoms with Gasteiger partial charge in [0.05, 0.1) is 10.6 Å². The van der Waals surface area contributed by atoms with Crippen molar-refractivity contribution in [3.8, 4) is 9.88 Å². The molecule has 0 saturated heterocycles. The second kappa shape index (κ2) is 5.94. The van der Waals surface area contributed by atoms with Crippen LogP contribution in [-0.2, 0) is 0 Å². The van der Waals surface area contributed by atoms with Crippen molar-refractivity contribution in [2.75, 3.05) is 0 Å². The summed E-state index contributed by atoms with van der Waals surface area (Å²) in [6.07, 6.45) is 3.34. The first kappa shape index (κ1) is 13.0. The average Bonchev–Trinajstić information content (AvgIpc) is 3.16. The van der Waals surface area contributed by atoms with Gasteiger partial charge in [-0.15, -0.1) is 22.7 Å². The fraction of sp³-hybridized carbons (Fsp3) is 0. The van der Waals surface area contributed by atoms with Crippen LogP contribution in [0.15, 0.2) is 59.3 Å². The summed E-state index contributed by atoms with van der Waals surface area (Å²) in [5, 5.41) is 4.99. The number of ketones is 1. The monoisotopic (exact) mass is 297 g/mol. The number of hydrogen-bond donors (Lipinski definition) is 0. The molecule has 2 heterocycles. The minimum Gasteiger partial charge on any atom is -0.289 e. The normalized spacial score (nSPS) is 11.0. The van der Waals surface area contributed by atoms with E-state index in [2.05, 4.69) is 4.98 Å². The Hall–Kier alpha value is -2.04. The molecule has 0 amide bonds. The van der Waals surface area contributed by atoms with Crippen LogP contribution < -0.4 is 0 Å². The largest absolute Gasteiger partial charge is 0.289 e. The Labute approximate surface area is 125 Å². The van der Waals surface area contributed by atoms with Gasteiger partial charge in [-0.1, -0.05) is 36.4 Å². The van der Waals surface area contributed by atoms with Crippen molar-refractivity contribution in [2.45, 2.75) is 0 Å². The van der Waals surface area contributed by atoms with Crippen molar-refractivity contribution >= 4 is 34.5 Å². The van der Waals surface area contributed by atoms with E-state index in [9.17, 15) is 4.79 Å². The Morgan fingerprint density at radius 2 is 1.90 bits per heavy atom. The number of rotatable bonds is 4. The molecule has 0 N–H and O–H groups in total. The van der Waals surface area contributed by atoms with Crippen LogP contribution in [0.25, 0.3) is 16.0 Å². The van der Waals surface area contributed by atoms with Gasteiger partial charge in [0.1, 0.15) is 5.01 Å². The van der Waals surface area contributed by atoms with Gasteiger partial charge in [-0.2, -0.15) is 0 Å². The van der Waals surface area contributed by atoms with Crippen LogP contribution in [0.5, 0.6) is 0 Å². The molecule has 0 aliphatic rings. The molecule has 20 heavy (non-hydrogen) atoms. The highest BCUT2D eigenvalue weighted by Gasteiger charge is 2.04. The summed E-state index contributed by atoms with van der Waals surface area (Å²) in [6.45, 7) is 0. The van der Waals surface area contributed by atoms with Crippen LogP contribution in [0.1, 0.15) is 16.1 Å². The van der Waals surface area contributed by atoms with Gasteiger partial charge in [-0.25, -0.2) is 4.98 Å².